The van der Waals surface area contributed by atoms with Gasteiger partial charge in [0.15, 0.2) is 0 Å². The summed E-state index contributed by atoms with van der Waals surface area (Å²) in [5.74, 6) is 1.04. The molecule has 1 heterocycles. The third kappa shape index (κ3) is 5.29. The van der Waals surface area contributed by atoms with Crippen molar-refractivity contribution in [3.63, 3.8) is 0 Å². The Bertz CT molecular complexity index is 393. The van der Waals surface area contributed by atoms with Gasteiger partial charge in [0.1, 0.15) is 5.82 Å². The van der Waals surface area contributed by atoms with E-state index in [1.807, 2.05) is 12.1 Å². The number of aromatic nitrogens is 1. The van der Waals surface area contributed by atoms with Crippen LogP contribution in [0, 0.1) is 0 Å². The minimum atomic E-state index is 0.451. The highest BCUT2D eigenvalue weighted by Crippen LogP contribution is 2.21. The highest BCUT2D eigenvalue weighted by Gasteiger charge is 2.13. The van der Waals surface area contributed by atoms with Gasteiger partial charge in [0.05, 0.1) is 10.7 Å². The van der Waals surface area contributed by atoms with Gasteiger partial charge in [0.25, 0.3) is 0 Å². The first-order valence-electron chi connectivity index (χ1n) is 7.72. The van der Waals surface area contributed by atoms with Crippen molar-refractivity contribution in [3.8, 4) is 0 Å². The summed E-state index contributed by atoms with van der Waals surface area (Å²) in [4.78, 5) is 7.10. The highest BCUT2D eigenvalue weighted by atomic mass is 35.5. The van der Waals surface area contributed by atoms with Crippen molar-refractivity contribution in [1.29, 1.82) is 0 Å². The molecule has 0 aliphatic heterocycles. The second-order valence-electron chi connectivity index (χ2n) is 5.37. The monoisotopic (exact) mass is 297 g/mol. The lowest BCUT2D eigenvalue weighted by atomic mass is 10.2. The second kappa shape index (κ2) is 9.19. The lowest BCUT2D eigenvalue weighted by molar-refractivity contribution is 0.617. The van der Waals surface area contributed by atoms with Crippen LogP contribution in [-0.4, -0.2) is 24.1 Å². The molecule has 0 amide bonds. The summed E-state index contributed by atoms with van der Waals surface area (Å²) in [5, 5.41) is 4.03. The SMILES string of the molecule is CCCCCN(c1ccc(Cl)c(CNCC)n1)C(C)C. The lowest BCUT2D eigenvalue weighted by Gasteiger charge is -2.28. The number of hydrogen-bond donors (Lipinski definition) is 1. The van der Waals surface area contributed by atoms with E-state index in [1.54, 1.807) is 0 Å². The van der Waals surface area contributed by atoms with Crippen LogP contribution in [0.5, 0.6) is 0 Å². The predicted octanol–water partition coefficient (Wildman–Crippen LogP) is 4.25. The summed E-state index contributed by atoms with van der Waals surface area (Å²) in [6.45, 7) is 11.5. The first-order valence-corrected chi connectivity index (χ1v) is 8.10. The third-order valence-corrected chi connectivity index (χ3v) is 3.71. The normalized spacial score (nSPS) is 11.1. The minimum absolute atomic E-state index is 0.451. The van der Waals surface area contributed by atoms with Gasteiger partial charge in [-0.15, -0.1) is 0 Å². The van der Waals surface area contributed by atoms with Gasteiger partial charge in [0, 0.05) is 19.1 Å². The van der Waals surface area contributed by atoms with Crippen molar-refractivity contribution in [2.24, 2.45) is 0 Å². The number of pyridine rings is 1. The molecule has 0 unspecified atom stereocenters. The van der Waals surface area contributed by atoms with E-state index in [0.717, 1.165) is 36.2 Å². The summed E-state index contributed by atoms with van der Waals surface area (Å²) >= 11 is 6.22. The lowest BCUT2D eigenvalue weighted by Crippen LogP contribution is -2.32. The van der Waals surface area contributed by atoms with E-state index < -0.39 is 0 Å². The molecule has 0 radical (unpaired) electrons. The number of hydrogen-bond acceptors (Lipinski definition) is 3. The molecule has 1 N–H and O–H groups in total. The summed E-state index contributed by atoms with van der Waals surface area (Å²) < 4.78 is 0. The summed E-state index contributed by atoms with van der Waals surface area (Å²) in [7, 11) is 0. The number of unbranched alkanes of at least 4 members (excludes halogenated alkanes) is 2. The average Bonchev–Trinajstić information content (AvgIpc) is 2.43. The molecule has 114 valence electrons. The van der Waals surface area contributed by atoms with Gasteiger partial charge < -0.3 is 10.2 Å². The van der Waals surface area contributed by atoms with E-state index in [4.69, 9.17) is 16.6 Å². The number of nitrogens with one attached hydrogen (secondary N) is 1. The number of halogens is 1. The fourth-order valence-electron chi connectivity index (χ4n) is 2.17. The summed E-state index contributed by atoms with van der Waals surface area (Å²) in [6, 6.07) is 4.45. The maximum absolute atomic E-state index is 6.22. The van der Waals surface area contributed by atoms with Crippen molar-refractivity contribution >= 4 is 17.4 Å². The molecule has 0 aliphatic carbocycles. The molecule has 3 nitrogen and oxygen atoms in total. The van der Waals surface area contributed by atoms with Crippen molar-refractivity contribution in [2.75, 3.05) is 18.0 Å². The molecule has 0 aromatic carbocycles. The van der Waals surface area contributed by atoms with Crippen molar-refractivity contribution in [1.82, 2.24) is 10.3 Å². The molecule has 0 bridgehead atoms. The van der Waals surface area contributed by atoms with Gasteiger partial charge in [-0.05, 0) is 38.9 Å². The van der Waals surface area contributed by atoms with Gasteiger partial charge in [-0.25, -0.2) is 4.98 Å². The Kier molecular flexibility index (Phi) is 7.93. The molecule has 0 saturated heterocycles. The molecule has 0 aliphatic rings. The molecule has 0 fully saturated rings. The first-order chi connectivity index (χ1) is 9.60. The van der Waals surface area contributed by atoms with Crippen LogP contribution in [0.15, 0.2) is 12.1 Å². The van der Waals surface area contributed by atoms with Crippen LogP contribution in [0.1, 0.15) is 52.7 Å². The van der Waals surface area contributed by atoms with Gasteiger partial charge in [-0.2, -0.15) is 0 Å². The highest BCUT2D eigenvalue weighted by molar-refractivity contribution is 6.31. The van der Waals surface area contributed by atoms with Gasteiger partial charge >= 0.3 is 0 Å². The van der Waals surface area contributed by atoms with Gasteiger partial charge in [-0.1, -0.05) is 38.3 Å². The summed E-state index contributed by atoms with van der Waals surface area (Å²) in [6.07, 6.45) is 3.72. The van der Waals surface area contributed by atoms with E-state index in [0.29, 0.717) is 6.04 Å². The predicted molar refractivity (Wildman–Crippen MR) is 88.6 cm³/mol. The van der Waals surface area contributed by atoms with E-state index in [1.165, 1.54) is 19.3 Å². The van der Waals surface area contributed by atoms with Crippen molar-refractivity contribution in [3.05, 3.63) is 22.8 Å². The Balaban J connectivity index is 2.84. The van der Waals surface area contributed by atoms with E-state index in [-0.39, 0.29) is 0 Å². The van der Waals surface area contributed by atoms with Crippen LogP contribution in [0.4, 0.5) is 5.82 Å². The Labute approximate surface area is 128 Å². The molecule has 1 rings (SSSR count). The van der Waals surface area contributed by atoms with Crippen LogP contribution in [-0.2, 0) is 6.54 Å². The van der Waals surface area contributed by atoms with Gasteiger partial charge in [-0.3, -0.25) is 0 Å². The van der Waals surface area contributed by atoms with Crippen LogP contribution in [0.2, 0.25) is 5.02 Å². The Morgan fingerprint density at radius 1 is 1.25 bits per heavy atom. The van der Waals surface area contributed by atoms with E-state index >= 15 is 0 Å². The molecule has 1 aromatic heterocycles. The zero-order valence-corrected chi connectivity index (χ0v) is 14.0. The number of rotatable bonds is 9. The molecular formula is C16H28ClN3. The first kappa shape index (κ1) is 17.3. The molecule has 0 spiro atoms. The van der Waals surface area contributed by atoms with Crippen LogP contribution in [0.25, 0.3) is 0 Å². The fraction of sp³-hybridized carbons (Fsp3) is 0.688. The zero-order valence-electron chi connectivity index (χ0n) is 13.2. The molecule has 0 saturated carbocycles. The van der Waals surface area contributed by atoms with Gasteiger partial charge in [0.2, 0.25) is 0 Å². The van der Waals surface area contributed by atoms with E-state index in [2.05, 4.69) is 37.9 Å². The van der Waals surface area contributed by atoms with Crippen molar-refractivity contribution in [2.45, 2.75) is 59.5 Å². The maximum atomic E-state index is 6.22. The van der Waals surface area contributed by atoms with Crippen LogP contribution in [0.3, 0.4) is 0 Å². The van der Waals surface area contributed by atoms with Crippen LogP contribution < -0.4 is 10.2 Å². The second-order valence-corrected chi connectivity index (χ2v) is 5.78. The fourth-order valence-corrected chi connectivity index (χ4v) is 2.34. The largest absolute Gasteiger partial charge is 0.354 e. The Morgan fingerprint density at radius 3 is 2.60 bits per heavy atom. The average molecular weight is 298 g/mol. The molecule has 1 aromatic rings. The van der Waals surface area contributed by atoms with Crippen LogP contribution >= 0.6 is 11.6 Å². The topological polar surface area (TPSA) is 28.2 Å². The Morgan fingerprint density at radius 2 is 2.00 bits per heavy atom. The molecule has 20 heavy (non-hydrogen) atoms. The quantitative estimate of drug-likeness (QED) is 0.691. The molecular weight excluding hydrogens is 270 g/mol. The van der Waals surface area contributed by atoms with E-state index in [9.17, 15) is 0 Å². The zero-order chi connectivity index (χ0) is 15.0. The molecule has 0 atom stereocenters. The minimum Gasteiger partial charge on any atom is -0.354 e. The number of anilines is 1. The summed E-state index contributed by atoms with van der Waals surface area (Å²) in [5.41, 5.74) is 0.937. The number of nitrogens with zero attached hydrogens (tertiary/aromatic N) is 2. The molecule has 4 heteroatoms. The Hall–Kier alpha value is -0.800. The maximum Gasteiger partial charge on any atom is 0.129 e. The standard InChI is InChI=1S/C16H28ClN3/c1-5-7-8-11-20(13(3)4)16-10-9-14(17)15(19-16)12-18-6-2/h9-10,13,18H,5-8,11-12H2,1-4H3. The third-order valence-electron chi connectivity index (χ3n) is 3.37. The van der Waals surface area contributed by atoms with Crippen molar-refractivity contribution < 1.29 is 0 Å². The smallest absolute Gasteiger partial charge is 0.129 e.